The van der Waals surface area contributed by atoms with Crippen LogP contribution in [-0.4, -0.2) is 19.9 Å². The smallest absolute Gasteiger partial charge is 0.164 e. The predicted octanol–water partition coefficient (Wildman–Crippen LogP) is 2.64. The van der Waals surface area contributed by atoms with E-state index in [2.05, 4.69) is 17.0 Å². The third-order valence-corrected chi connectivity index (χ3v) is 3.92. The Morgan fingerprint density at radius 2 is 2.33 bits per heavy atom. The molecule has 1 atom stereocenters. The van der Waals surface area contributed by atoms with Crippen molar-refractivity contribution in [2.24, 2.45) is 0 Å². The molecule has 0 spiro atoms. The Morgan fingerprint density at radius 3 is 3.19 bits per heavy atom. The van der Waals surface area contributed by atoms with Crippen molar-refractivity contribution in [1.82, 2.24) is 14.8 Å². The van der Waals surface area contributed by atoms with Gasteiger partial charge in [-0.15, -0.1) is 0 Å². The Morgan fingerprint density at radius 1 is 1.43 bits per heavy atom. The minimum atomic E-state index is -0.360. The van der Waals surface area contributed by atoms with Crippen LogP contribution in [0.3, 0.4) is 0 Å². The number of aryl methyl sites for hydroxylation is 1. The van der Waals surface area contributed by atoms with E-state index in [1.165, 1.54) is 0 Å². The normalized spacial score (nSPS) is 17.5. The zero-order chi connectivity index (χ0) is 14.7. The number of hydrogen-bond acceptors (Lipinski definition) is 4. The molecular formula is C16H21N3O2. The van der Waals surface area contributed by atoms with Gasteiger partial charge in [0, 0.05) is 6.54 Å². The molecule has 0 radical (unpaired) electrons. The van der Waals surface area contributed by atoms with Gasteiger partial charge in [-0.2, -0.15) is 5.10 Å². The third-order valence-electron chi connectivity index (χ3n) is 3.92. The molecule has 0 saturated heterocycles. The number of rotatable bonds is 5. The van der Waals surface area contributed by atoms with Crippen LogP contribution in [0.25, 0.3) is 0 Å². The summed E-state index contributed by atoms with van der Waals surface area (Å²) in [6, 6.07) is 5.91. The van der Waals surface area contributed by atoms with Crippen LogP contribution in [0.1, 0.15) is 49.2 Å². The summed E-state index contributed by atoms with van der Waals surface area (Å²) in [7, 11) is 0. The molecule has 0 fully saturated rings. The SMILES string of the molecule is CCCn1ncnc1COc1cccc2c1CCCC2O. The summed E-state index contributed by atoms with van der Waals surface area (Å²) in [5.41, 5.74) is 2.14. The molecule has 5 nitrogen and oxygen atoms in total. The van der Waals surface area contributed by atoms with Crippen molar-refractivity contribution in [2.75, 3.05) is 0 Å². The highest BCUT2D eigenvalue weighted by atomic mass is 16.5. The van der Waals surface area contributed by atoms with Crippen LogP contribution < -0.4 is 4.74 Å². The second-order valence-electron chi connectivity index (χ2n) is 5.42. The monoisotopic (exact) mass is 287 g/mol. The van der Waals surface area contributed by atoms with Crippen molar-refractivity contribution >= 4 is 0 Å². The number of hydrogen-bond donors (Lipinski definition) is 1. The summed E-state index contributed by atoms with van der Waals surface area (Å²) >= 11 is 0. The zero-order valence-corrected chi connectivity index (χ0v) is 12.3. The van der Waals surface area contributed by atoms with Gasteiger partial charge in [-0.3, -0.25) is 0 Å². The Bertz CT molecular complexity index is 609. The lowest BCUT2D eigenvalue weighted by Crippen LogP contribution is -2.12. The maximum absolute atomic E-state index is 10.1. The molecule has 1 heterocycles. The highest BCUT2D eigenvalue weighted by molar-refractivity contribution is 5.42. The fourth-order valence-electron chi connectivity index (χ4n) is 2.87. The first-order valence-electron chi connectivity index (χ1n) is 7.59. The lowest BCUT2D eigenvalue weighted by atomic mass is 9.89. The lowest BCUT2D eigenvalue weighted by molar-refractivity contribution is 0.155. The van der Waals surface area contributed by atoms with Crippen molar-refractivity contribution < 1.29 is 9.84 Å². The Hall–Kier alpha value is -1.88. The molecule has 0 amide bonds. The Balaban J connectivity index is 1.76. The van der Waals surface area contributed by atoms with E-state index in [4.69, 9.17) is 4.74 Å². The van der Waals surface area contributed by atoms with Crippen molar-refractivity contribution in [3.63, 3.8) is 0 Å². The second kappa shape index (κ2) is 6.26. The molecule has 2 aromatic rings. The van der Waals surface area contributed by atoms with E-state index in [0.29, 0.717) is 6.61 Å². The summed E-state index contributed by atoms with van der Waals surface area (Å²) in [5, 5.41) is 14.3. The van der Waals surface area contributed by atoms with Crippen molar-refractivity contribution in [3.05, 3.63) is 41.5 Å². The van der Waals surface area contributed by atoms with Gasteiger partial charge in [0.25, 0.3) is 0 Å². The minimum absolute atomic E-state index is 0.360. The molecule has 5 heteroatoms. The van der Waals surface area contributed by atoms with Crippen molar-refractivity contribution in [1.29, 1.82) is 0 Å². The summed E-state index contributed by atoms with van der Waals surface area (Å²) in [6.45, 7) is 3.37. The molecule has 1 aliphatic rings. The summed E-state index contributed by atoms with van der Waals surface area (Å²) in [5.74, 6) is 1.70. The number of aromatic nitrogens is 3. The molecule has 1 unspecified atom stereocenters. The average molecular weight is 287 g/mol. The molecule has 0 aliphatic heterocycles. The van der Waals surface area contributed by atoms with Gasteiger partial charge in [-0.1, -0.05) is 19.1 Å². The fraction of sp³-hybridized carbons (Fsp3) is 0.500. The van der Waals surface area contributed by atoms with E-state index in [1.54, 1.807) is 6.33 Å². The molecule has 0 saturated carbocycles. The summed E-state index contributed by atoms with van der Waals surface area (Å²) < 4.78 is 7.83. The van der Waals surface area contributed by atoms with Gasteiger partial charge >= 0.3 is 0 Å². The van der Waals surface area contributed by atoms with Gasteiger partial charge < -0.3 is 9.84 Å². The van der Waals surface area contributed by atoms with Gasteiger partial charge in [-0.25, -0.2) is 9.67 Å². The van der Waals surface area contributed by atoms with Crippen LogP contribution in [0.15, 0.2) is 24.5 Å². The van der Waals surface area contributed by atoms with Gasteiger partial charge in [-0.05, 0) is 42.9 Å². The van der Waals surface area contributed by atoms with Crippen LogP contribution in [-0.2, 0) is 19.6 Å². The molecule has 1 N–H and O–H groups in total. The predicted molar refractivity (Wildman–Crippen MR) is 79.0 cm³/mol. The first-order chi connectivity index (χ1) is 10.3. The maximum Gasteiger partial charge on any atom is 0.164 e. The average Bonchev–Trinajstić information content (AvgIpc) is 2.93. The number of aliphatic hydroxyl groups excluding tert-OH is 1. The molecule has 1 aromatic heterocycles. The van der Waals surface area contributed by atoms with E-state index in [9.17, 15) is 5.11 Å². The van der Waals surface area contributed by atoms with E-state index < -0.39 is 0 Å². The molecule has 3 rings (SSSR count). The minimum Gasteiger partial charge on any atom is -0.485 e. The topological polar surface area (TPSA) is 60.2 Å². The molecule has 1 aromatic carbocycles. The van der Waals surface area contributed by atoms with Gasteiger partial charge in [0.05, 0.1) is 6.10 Å². The largest absolute Gasteiger partial charge is 0.485 e. The summed E-state index contributed by atoms with van der Waals surface area (Å²) in [4.78, 5) is 4.25. The first-order valence-corrected chi connectivity index (χ1v) is 7.59. The van der Waals surface area contributed by atoms with E-state index in [-0.39, 0.29) is 6.10 Å². The lowest BCUT2D eigenvalue weighted by Gasteiger charge is -2.23. The Labute approximate surface area is 124 Å². The van der Waals surface area contributed by atoms with E-state index in [0.717, 1.165) is 54.9 Å². The van der Waals surface area contributed by atoms with E-state index >= 15 is 0 Å². The number of benzene rings is 1. The first kappa shape index (κ1) is 14.1. The second-order valence-corrected chi connectivity index (χ2v) is 5.42. The highest BCUT2D eigenvalue weighted by Gasteiger charge is 2.21. The van der Waals surface area contributed by atoms with Crippen LogP contribution in [0, 0.1) is 0 Å². The maximum atomic E-state index is 10.1. The Kier molecular flexibility index (Phi) is 4.20. The molecule has 1 aliphatic carbocycles. The molecule has 0 bridgehead atoms. The van der Waals surface area contributed by atoms with Crippen LogP contribution in [0.4, 0.5) is 0 Å². The molecule has 112 valence electrons. The zero-order valence-electron chi connectivity index (χ0n) is 12.3. The number of nitrogens with zero attached hydrogens (tertiary/aromatic N) is 3. The quantitative estimate of drug-likeness (QED) is 0.918. The third kappa shape index (κ3) is 2.93. The fourth-order valence-corrected chi connectivity index (χ4v) is 2.87. The van der Waals surface area contributed by atoms with Gasteiger partial charge in [0.2, 0.25) is 0 Å². The van der Waals surface area contributed by atoms with Crippen LogP contribution in [0.5, 0.6) is 5.75 Å². The summed E-state index contributed by atoms with van der Waals surface area (Å²) in [6.07, 6.45) is 5.02. The number of ether oxygens (including phenoxy) is 1. The highest BCUT2D eigenvalue weighted by Crippen LogP contribution is 2.35. The van der Waals surface area contributed by atoms with Gasteiger partial charge in [0.15, 0.2) is 5.82 Å². The number of aliphatic hydroxyl groups is 1. The standard InChI is InChI=1S/C16H21N3O2/c1-2-9-19-16(17-11-18-19)10-21-15-8-4-5-12-13(15)6-3-7-14(12)20/h4-5,8,11,14,20H,2-3,6-7,9-10H2,1H3. The van der Waals surface area contributed by atoms with E-state index in [1.807, 2.05) is 22.9 Å². The number of fused-ring (bicyclic) bond motifs is 1. The van der Waals surface area contributed by atoms with Crippen molar-refractivity contribution in [3.8, 4) is 5.75 Å². The van der Waals surface area contributed by atoms with Crippen LogP contribution in [0.2, 0.25) is 0 Å². The molecule has 21 heavy (non-hydrogen) atoms. The van der Waals surface area contributed by atoms with Gasteiger partial charge in [0.1, 0.15) is 18.7 Å². The molecular weight excluding hydrogens is 266 g/mol. The van der Waals surface area contributed by atoms with Crippen molar-refractivity contribution in [2.45, 2.75) is 51.9 Å². The van der Waals surface area contributed by atoms with Crippen LogP contribution >= 0.6 is 0 Å².